The number of aryl methyl sites for hydroxylation is 3. The number of anilines is 4. The standard InChI is InChI=1S/C53H50N8.C29H31N5O3S.C22H23N3O3.4CH3F.Cu/c1-5-8-31-39-43(36-25-17-12-18-26-36)51-55-46-34(4)42(35-23-15-11-16-24-35)50(54-46)56-47-40(32-9-6-2)44(37-27-19-13-20-28-37)52(58-47)60-49-41(33-10-7-3)45(38-29-21-14-22-30-38)53(61-49)59-48(39)57-51;1-7-33(8-2)17-13-14-18(20(15-17)31-28-30-19-11-9-10-12-21(19)38-28)23-25(35)24(26(23)36)22-16(3)32-34(27(22)37)29(4,5)6;1-11-14-7-5-9-25-8-4-6-13(19(14)25)10-15(11)17-20(26)18(21(17)27)16-12(2)23-24(3)22(16)28;4*1-2;/h11-30H,5-10,31-33H2,1-4H3;9-15,35H,7-8H2,1-6H3,(H,30,31);10,26H,4-9H2,1-3H3;4*1H3;/q-2;;;;;;;+2. The van der Waals surface area contributed by atoms with Gasteiger partial charge >= 0.3 is 17.1 Å². The predicted octanol–water partition coefficient (Wildman–Crippen LogP) is 23.5. The number of alkyl halides is 4. The van der Waals surface area contributed by atoms with Crippen LogP contribution in [0.3, 0.4) is 0 Å². The Bertz CT molecular complexity index is 6750. The van der Waals surface area contributed by atoms with Crippen LogP contribution in [-0.2, 0) is 55.5 Å². The number of para-hydroxylation sites is 1. The van der Waals surface area contributed by atoms with E-state index in [0.717, 1.165) is 203 Å². The third kappa shape index (κ3) is 20.1. The number of nitrogens with zero attached hydrogens (tertiary/aromatic N) is 15. The molecule has 709 valence electrons. The minimum Gasteiger partial charge on any atom is -0.506 e. The summed E-state index contributed by atoms with van der Waals surface area (Å²) in [5.74, 6) is 0.805. The van der Waals surface area contributed by atoms with Crippen LogP contribution in [-0.4, -0.2) is 157 Å². The van der Waals surface area contributed by atoms with Gasteiger partial charge in [0.2, 0.25) is 11.6 Å². The van der Waals surface area contributed by atoms with Crippen LogP contribution in [0.4, 0.5) is 39.8 Å². The maximum Gasteiger partial charge on any atom is 2.00 e. The molecule has 136 heavy (non-hydrogen) atoms. The summed E-state index contributed by atoms with van der Waals surface area (Å²) in [6.45, 7) is 27.8. The van der Waals surface area contributed by atoms with Gasteiger partial charge in [-0.1, -0.05) is 185 Å². The second kappa shape index (κ2) is 45.3. The maximum atomic E-state index is 13.5. The fourth-order valence-electron chi connectivity index (χ4n) is 18.4. The van der Waals surface area contributed by atoms with Gasteiger partial charge in [0.25, 0.3) is 11.8 Å². The van der Waals surface area contributed by atoms with Gasteiger partial charge in [-0.3, -0.25) is 36.7 Å². The smallest absolute Gasteiger partial charge is 0.506 e. The fourth-order valence-corrected chi connectivity index (χ4v) is 19.3. The van der Waals surface area contributed by atoms with Gasteiger partial charge in [0.05, 0.1) is 118 Å². The van der Waals surface area contributed by atoms with E-state index in [1.165, 1.54) is 38.2 Å². The zero-order valence-electron chi connectivity index (χ0n) is 80.1. The molecule has 19 rings (SSSR count). The third-order valence-corrected chi connectivity index (χ3v) is 25.8. The molecule has 22 nitrogen and oxygen atoms in total. The first-order valence-corrected chi connectivity index (χ1v) is 46.8. The van der Waals surface area contributed by atoms with Gasteiger partial charge in [-0.2, -0.15) is 10.2 Å². The van der Waals surface area contributed by atoms with Crippen molar-refractivity contribution < 1.29 is 64.0 Å². The Kier molecular flexibility index (Phi) is 33.8. The van der Waals surface area contributed by atoms with E-state index in [9.17, 15) is 47.0 Å². The summed E-state index contributed by atoms with van der Waals surface area (Å²) in [5, 5.41) is 37.1. The van der Waals surface area contributed by atoms with E-state index in [0.29, 0.717) is 108 Å². The quantitative estimate of drug-likeness (QED) is 0.0363. The molecule has 8 aliphatic rings. The molecule has 0 fully saturated rings. The van der Waals surface area contributed by atoms with Gasteiger partial charge in [0, 0.05) is 83.9 Å². The van der Waals surface area contributed by atoms with Crippen LogP contribution in [0.25, 0.3) is 88.5 Å². The van der Waals surface area contributed by atoms with Gasteiger partial charge in [-0.15, -0.1) is 0 Å². The van der Waals surface area contributed by atoms with Crippen LogP contribution in [0, 0.1) is 13.8 Å². The summed E-state index contributed by atoms with van der Waals surface area (Å²) >= 11 is 1.51. The Hall–Kier alpha value is -13.4. The number of fused-ring (bicyclic) bond motifs is 9. The van der Waals surface area contributed by atoms with Crippen molar-refractivity contribution in [3.8, 4) is 22.3 Å². The molecule has 7 aromatic carbocycles. The number of aliphatic hydroxyl groups is 2. The van der Waals surface area contributed by atoms with Gasteiger partial charge in [-0.25, -0.2) is 25.0 Å². The first kappa shape index (κ1) is 102. The number of amides is 2. The largest absolute Gasteiger partial charge is 2.00 e. The van der Waals surface area contributed by atoms with Crippen LogP contribution >= 0.6 is 11.3 Å². The minimum absolute atomic E-state index is 0. The Morgan fingerprint density at radius 2 is 0.934 bits per heavy atom. The molecular formula is C108H116CuF4N16O6S. The Balaban J connectivity index is 0.000000189. The van der Waals surface area contributed by atoms with Crippen molar-refractivity contribution in [3.63, 3.8) is 0 Å². The molecular weight excluding hydrogens is 1790 g/mol. The zero-order valence-corrected chi connectivity index (χ0v) is 81.9. The molecule has 28 heteroatoms. The van der Waals surface area contributed by atoms with E-state index in [-0.39, 0.29) is 79.8 Å². The van der Waals surface area contributed by atoms with Crippen molar-refractivity contribution in [2.45, 2.75) is 172 Å². The van der Waals surface area contributed by atoms with E-state index in [4.69, 9.17) is 39.9 Å². The number of nitrogens with one attached hydrogen (secondary N) is 1. The van der Waals surface area contributed by atoms with Crippen LogP contribution < -0.4 is 25.1 Å². The third-order valence-electron chi connectivity index (χ3n) is 24.8. The monoisotopic (exact) mass is 1900 g/mol. The molecule has 2 amide bonds. The number of hydrazone groups is 2. The van der Waals surface area contributed by atoms with Gasteiger partial charge in [0.1, 0.15) is 11.5 Å². The Morgan fingerprint density at radius 1 is 0.471 bits per heavy atom. The predicted molar refractivity (Wildman–Crippen MR) is 538 cm³/mol. The van der Waals surface area contributed by atoms with Crippen LogP contribution in [0.5, 0.6) is 0 Å². The number of rotatable bonds is 20. The van der Waals surface area contributed by atoms with E-state index >= 15 is 0 Å². The average molecular weight is 1910 g/mol. The number of ketones is 2. The van der Waals surface area contributed by atoms with Crippen molar-refractivity contribution in [3.05, 3.63) is 277 Å². The average Bonchev–Trinajstić information content (AvgIpc) is 1.33. The number of hydrogen-bond donors (Lipinski definition) is 3. The van der Waals surface area contributed by atoms with Crippen molar-refractivity contribution in [2.75, 3.05) is 77.1 Å². The number of carbonyl (C=O) groups excluding carboxylic acids is 4. The number of halogens is 4. The second-order valence-electron chi connectivity index (χ2n) is 34.2. The first-order chi connectivity index (χ1) is 65.5. The summed E-state index contributed by atoms with van der Waals surface area (Å²) in [4.78, 5) is 105. The van der Waals surface area contributed by atoms with Crippen molar-refractivity contribution in [2.24, 2.45) is 10.2 Å². The number of allylic oxidation sites excluding steroid dienone is 6. The van der Waals surface area contributed by atoms with E-state index < -0.39 is 5.54 Å². The zero-order chi connectivity index (χ0) is 96.8. The molecule has 6 aliphatic heterocycles. The van der Waals surface area contributed by atoms with Gasteiger partial charge in [0.15, 0.2) is 5.13 Å². The number of unbranched alkanes of at least 4 members (excludes halogenated alkanes) is 3. The Morgan fingerprint density at radius 3 is 1.43 bits per heavy atom. The summed E-state index contributed by atoms with van der Waals surface area (Å²) in [5.41, 5.74) is 24.7. The van der Waals surface area contributed by atoms with Crippen LogP contribution in [0.1, 0.15) is 207 Å². The number of Topliss-reactive ketones (excluding diaryl/α,β-unsaturated/α-hetero) is 2. The van der Waals surface area contributed by atoms with E-state index in [1.54, 1.807) is 20.9 Å². The first-order valence-electron chi connectivity index (χ1n) is 46.0. The molecule has 8 bridgehead atoms. The number of thiazole rings is 1. The number of benzene rings is 7. The number of hydrogen-bond acceptors (Lipinski definition) is 19. The molecule has 1 radical (unpaired) electrons. The molecule has 0 saturated heterocycles. The molecule has 0 atom stereocenters. The summed E-state index contributed by atoms with van der Waals surface area (Å²) in [6, 6.07) is 57.5. The topological polar surface area (TPSA) is 277 Å². The van der Waals surface area contributed by atoms with Crippen molar-refractivity contribution >= 4 is 135 Å². The summed E-state index contributed by atoms with van der Waals surface area (Å²) < 4.78 is 39.0. The summed E-state index contributed by atoms with van der Waals surface area (Å²) in [6.07, 6.45) is 12.6. The summed E-state index contributed by atoms with van der Waals surface area (Å²) in [7, 11) is 3.55. The number of aromatic nitrogens is 9. The van der Waals surface area contributed by atoms with Crippen molar-refractivity contribution in [1.29, 1.82) is 0 Å². The SMILES string of the molecule is CC1=NN(C)C(=O)C1=C1C(=O)C(c2cc3c4c(c2C)CCCN4CCC3)=C1O.CCCCC1=C(c2ccccc2)c2nc1nc1[n-]c(nc3nc(nc4[n-]c(n2)c(C)c4-c2ccccc2)C(CCCC)=C3c2ccccc2)c(CCCC)c1-c1ccccc1.CCN(CC)c1ccc(C2=C(O)C(=C3C(=O)N(C(C)(C)C)N=C3C)C2=O)c(Nc2nc3ccccc3s2)c1.CF.CF.CF.CF.[Cu+2]. The van der Waals surface area contributed by atoms with Gasteiger partial charge < -0.3 is 55.2 Å². The molecule has 2 aliphatic carbocycles. The number of carbonyl (C=O) groups is 4. The van der Waals surface area contributed by atoms with E-state index in [1.807, 2.05) is 94.4 Å². The van der Waals surface area contributed by atoms with Crippen LogP contribution in [0.15, 0.2) is 214 Å². The number of likely N-dealkylation sites (N-methyl/N-ethyl adjacent to an activating group) is 1. The molecule has 11 aromatic rings. The molecule has 10 heterocycles. The minimum atomic E-state index is -0.551. The number of aliphatic hydroxyl groups excluding tert-OH is 2. The molecule has 3 N–H and O–H groups in total. The van der Waals surface area contributed by atoms with E-state index in [2.05, 4.69) is 175 Å². The Labute approximate surface area is 807 Å². The molecule has 0 saturated carbocycles. The normalized spacial score (nSPS) is 15.8. The molecule has 0 unspecified atom stereocenters. The maximum absolute atomic E-state index is 13.5. The van der Waals surface area contributed by atoms with Crippen LogP contribution in [0.2, 0.25) is 0 Å². The molecule has 4 aromatic heterocycles. The van der Waals surface area contributed by atoms with Gasteiger partial charge in [-0.05, 0) is 241 Å². The van der Waals surface area contributed by atoms with Crippen molar-refractivity contribution in [1.82, 2.24) is 54.9 Å². The fraction of sp³-hybridized carbons (Fsp3) is 0.324. The molecule has 0 spiro atoms. The second-order valence-corrected chi connectivity index (χ2v) is 35.2.